The number of hydrogen-bond acceptors (Lipinski definition) is 4. The lowest BCUT2D eigenvalue weighted by atomic mass is 10.1. The number of unbranched alkanes of at least 4 members (excludes halogenated alkanes) is 8. The molecule has 0 saturated heterocycles. The fourth-order valence-electron chi connectivity index (χ4n) is 3.11. The minimum atomic E-state index is -0.246. The molecule has 0 aliphatic rings. The number of phenolic OH excluding ortho intramolecular Hbond substituents is 2. The highest BCUT2D eigenvalue weighted by Crippen LogP contribution is 2.29. The Balaban J connectivity index is 2.37. The van der Waals surface area contributed by atoms with Crippen LogP contribution in [0.25, 0.3) is 0 Å². The Morgan fingerprint density at radius 2 is 1.33 bits per heavy atom. The average Bonchev–Trinajstić information content (AvgIpc) is 2.67. The van der Waals surface area contributed by atoms with Gasteiger partial charge >= 0.3 is 0 Å². The minimum absolute atomic E-state index is 0.0321. The molecule has 0 radical (unpaired) electrons. The van der Waals surface area contributed by atoms with Gasteiger partial charge in [0, 0.05) is 19.6 Å². The number of ether oxygens (including phenoxy) is 2. The lowest BCUT2D eigenvalue weighted by molar-refractivity contribution is -0.147. The van der Waals surface area contributed by atoms with Crippen LogP contribution >= 0.6 is 0 Å². The molecule has 27 heavy (non-hydrogen) atoms. The highest BCUT2D eigenvalue weighted by atomic mass is 16.7. The van der Waals surface area contributed by atoms with Crippen molar-refractivity contribution in [3.8, 4) is 11.5 Å². The van der Waals surface area contributed by atoms with Gasteiger partial charge in [-0.05, 0) is 30.9 Å². The molecule has 0 fully saturated rings. The van der Waals surface area contributed by atoms with Gasteiger partial charge in [-0.3, -0.25) is 0 Å². The van der Waals surface area contributed by atoms with Crippen LogP contribution in [-0.2, 0) is 15.9 Å². The molecule has 0 bridgehead atoms. The Hall–Kier alpha value is -1.26. The van der Waals surface area contributed by atoms with E-state index in [9.17, 15) is 10.2 Å². The number of benzene rings is 1. The Bertz CT molecular complexity index is 459. The Morgan fingerprint density at radius 1 is 0.778 bits per heavy atom. The van der Waals surface area contributed by atoms with E-state index in [2.05, 4.69) is 13.8 Å². The first-order valence-corrected chi connectivity index (χ1v) is 10.9. The summed E-state index contributed by atoms with van der Waals surface area (Å²) in [6.07, 6.45) is 13.2. The summed E-state index contributed by atoms with van der Waals surface area (Å²) in [5.74, 6) is -0.104. The second kappa shape index (κ2) is 15.8. The number of hydrogen-bond donors (Lipinski definition) is 2. The topological polar surface area (TPSA) is 58.9 Å². The van der Waals surface area contributed by atoms with Crippen molar-refractivity contribution < 1.29 is 19.7 Å². The molecule has 156 valence electrons. The minimum Gasteiger partial charge on any atom is -0.504 e. The van der Waals surface area contributed by atoms with Crippen molar-refractivity contribution >= 4 is 0 Å². The van der Waals surface area contributed by atoms with Gasteiger partial charge in [0.1, 0.15) is 0 Å². The molecule has 0 atom stereocenters. The van der Waals surface area contributed by atoms with E-state index < -0.39 is 0 Å². The molecule has 4 nitrogen and oxygen atoms in total. The highest BCUT2D eigenvalue weighted by molar-refractivity contribution is 5.44. The lowest BCUT2D eigenvalue weighted by Gasteiger charge is -2.19. The largest absolute Gasteiger partial charge is 0.504 e. The van der Waals surface area contributed by atoms with Crippen LogP contribution in [-0.4, -0.2) is 29.7 Å². The first-order chi connectivity index (χ1) is 13.2. The Labute approximate surface area is 165 Å². The monoisotopic (exact) mass is 380 g/mol. The summed E-state index contributed by atoms with van der Waals surface area (Å²) in [7, 11) is 0. The smallest absolute Gasteiger partial charge is 0.160 e. The van der Waals surface area contributed by atoms with E-state index >= 15 is 0 Å². The summed E-state index contributed by atoms with van der Waals surface area (Å²) in [6.45, 7) is 5.88. The van der Waals surface area contributed by atoms with Gasteiger partial charge in [0.05, 0.1) is 0 Å². The predicted molar refractivity (Wildman–Crippen MR) is 111 cm³/mol. The van der Waals surface area contributed by atoms with E-state index in [1.807, 2.05) is 6.07 Å². The molecular weight excluding hydrogens is 340 g/mol. The molecule has 4 heteroatoms. The molecule has 1 aromatic rings. The maximum Gasteiger partial charge on any atom is 0.160 e. The van der Waals surface area contributed by atoms with Crippen LogP contribution in [0.1, 0.15) is 90.0 Å². The second-order valence-corrected chi connectivity index (χ2v) is 7.32. The van der Waals surface area contributed by atoms with E-state index in [0.717, 1.165) is 31.6 Å². The molecule has 2 N–H and O–H groups in total. The van der Waals surface area contributed by atoms with Gasteiger partial charge in [0.25, 0.3) is 0 Å². The second-order valence-electron chi connectivity index (χ2n) is 7.32. The molecule has 0 aromatic heterocycles. The predicted octanol–water partition coefficient (Wildman–Crippen LogP) is 6.33. The average molecular weight is 381 g/mol. The maximum absolute atomic E-state index is 9.97. The summed E-state index contributed by atoms with van der Waals surface area (Å²) in [5, 5.41) is 19.6. The molecule has 0 spiro atoms. The molecule has 0 aliphatic carbocycles. The molecule has 0 unspecified atom stereocenters. The van der Waals surface area contributed by atoms with Gasteiger partial charge in [-0.2, -0.15) is 0 Å². The maximum atomic E-state index is 9.97. The fraction of sp³-hybridized carbons (Fsp3) is 0.739. The van der Waals surface area contributed by atoms with Gasteiger partial charge < -0.3 is 19.7 Å². The van der Waals surface area contributed by atoms with Gasteiger partial charge in [-0.15, -0.1) is 0 Å². The molecule has 1 rings (SSSR count). The van der Waals surface area contributed by atoms with Crippen LogP contribution in [0.2, 0.25) is 0 Å². The van der Waals surface area contributed by atoms with Crippen LogP contribution in [0.15, 0.2) is 18.2 Å². The Morgan fingerprint density at radius 3 is 1.89 bits per heavy atom. The summed E-state index contributed by atoms with van der Waals surface area (Å²) in [6, 6.07) is 5.08. The van der Waals surface area contributed by atoms with E-state index in [-0.39, 0.29) is 17.8 Å². The van der Waals surface area contributed by atoms with E-state index in [1.54, 1.807) is 6.07 Å². The van der Waals surface area contributed by atoms with Crippen LogP contribution in [0, 0.1) is 0 Å². The molecule has 0 heterocycles. The van der Waals surface area contributed by atoms with Crippen LogP contribution in [0.4, 0.5) is 0 Å². The SMILES string of the molecule is CCCCCCCOC(CCc1cccc(O)c1O)OCCCCCCC. The zero-order valence-electron chi connectivity index (χ0n) is 17.4. The normalized spacial score (nSPS) is 11.4. The highest BCUT2D eigenvalue weighted by Gasteiger charge is 2.13. The number of rotatable bonds is 17. The quantitative estimate of drug-likeness (QED) is 0.188. The van der Waals surface area contributed by atoms with Gasteiger partial charge in [0.15, 0.2) is 17.8 Å². The zero-order valence-corrected chi connectivity index (χ0v) is 17.4. The van der Waals surface area contributed by atoms with Crippen molar-refractivity contribution in [3.63, 3.8) is 0 Å². The van der Waals surface area contributed by atoms with E-state index in [0.29, 0.717) is 12.8 Å². The molecular formula is C23H40O4. The van der Waals surface area contributed by atoms with E-state index in [1.165, 1.54) is 57.4 Å². The van der Waals surface area contributed by atoms with Crippen molar-refractivity contribution in [2.45, 2.75) is 97.2 Å². The van der Waals surface area contributed by atoms with Crippen molar-refractivity contribution in [3.05, 3.63) is 23.8 Å². The van der Waals surface area contributed by atoms with Crippen molar-refractivity contribution in [2.24, 2.45) is 0 Å². The third kappa shape index (κ3) is 11.2. The zero-order chi connectivity index (χ0) is 19.7. The molecule has 1 aromatic carbocycles. The fourth-order valence-corrected chi connectivity index (χ4v) is 3.11. The van der Waals surface area contributed by atoms with Crippen LogP contribution in [0.3, 0.4) is 0 Å². The van der Waals surface area contributed by atoms with Gasteiger partial charge in [-0.1, -0.05) is 77.3 Å². The summed E-state index contributed by atoms with van der Waals surface area (Å²) >= 11 is 0. The third-order valence-corrected chi connectivity index (χ3v) is 4.85. The van der Waals surface area contributed by atoms with Crippen LogP contribution in [0.5, 0.6) is 11.5 Å². The summed E-state index contributed by atoms with van der Waals surface area (Å²) in [4.78, 5) is 0. The first kappa shape index (κ1) is 23.8. The van der Waals surface area contributed by atoms with Gasteiger partial charge in [0.2, 0.25) is 0 Å². The third-order valence-electron chi connectivity index (χ3n) is 4.85. The summed E-state index contributed by atoms with van der Waals surface area (Å²) < 4.78 is 12.0. The number of para-hydroxylation sites is 1. The number of aromatic hydroxyl groups is 2. The van der Waals surface area contributed by atoms with Crippen molar-refractivity contribution in [2.75, 3.05) is 13.2 Å². The lowest BCUT2D eigenvalue weighted by Crippen LogP contribution is -2.20. The summed E-state index contributed by atoms with van der Waals surface area (Å²) in [5.41, 5.74) is 0.734. The standard InChI is InChI=1S/C23H40O4/c1-3-5-7-9-11-18-26-22(27-19-12-10-8-6-4-2)17-16-20-14-13-15-21(24)23(20)25/h13-15,22,24-25H,3-12,16-19H2,1-2H3. The number of aryl methyl sites for hydroxylation is 1. The molecule has 0 aliphatic heterocycles. The first-order valence-electron chi connectivity index (χ1n) is 10.9. The van der Waals surface area contributed by atoms with Crippen LogP contribution < -0.4 is 0 Å². The molecule has 0 saturated carbocycles. The Kier molecular flexibility index (Phi) is 13.9. The number of phenols is 2. The van der Waals surface area contributed by atoms with Crippen molar-refractivity contribution in [1.82, 2.24) is 0 Å². The van der Waals surface area contributed by atoms with Gasteiger partial charge in [-0.25, -0.2) is 0 Å². The van der Waals surface area contributed by atoms with Crippen molar-refractivity contribution in [1.29, 1.82) is 0 Å². The van der Waals surface area contributed by atoms with E-state index in [4.69, 9.17) is 9.47 Å². The molecule has 0 amide bonds.